The first-order valence-corrected chi connectivity index (χ1v) is 7.84. The summed E-state index contributed by atoms with van der Waals surface area (Å²) < 4.78 is 12.7. The van der Waals surface area contributed by atoms with Crippen molar-refractivity contribution in [2.45, 2.75) is 59.2 Å². The third-order valence-electron chi connectivity index (χ3n) is 3.99. The van der Waals surface area contributed by atoms with Crippen LogP contribution in [-0.2, 0) is 9.47 Å². The topological polar surface area (TPSA) is 18.5 Å². The van der Waals surface area contributed by atoms with Gasteiger partial charge in [0.25, 0.3) is 0 Å². The van der Waals surface area contributed by atoms with Gasteiger partial charge in [-0.15, -0.1) is 0 Å². The first kappa shape index (κ1) is 15.9. The molecule has 0 aromatic heterocycles. The Morgan fingerprint density at radius 2 is 1.56 bits per heavy atom. The minimum absolute atomic E-state index is 0.00467. The van der Waals surface area contributed by atoms with Gasteiger partial charge in [0.15, 0.2) is 0 Å². The van der Waals surface area contributed by atoms with Gasteiger partial charge in [-0.1, -0.05) is 13.3 Å². The zero-order valence-electron chi connectivity index (χ0n) is 12.6. The number of unbranched alkanes of at least 4 members (excludes halogenated alkanes) is 1. The van der Waals surface area contributed by atoms with Crippen molar-refractivity contribution in [1.82, 2.24) is 0 Å². The third-order valence-corrected chi connectivity index (χ3v) is 3.99. The van der Waals surface area contributed by atoms with Gasteiger partial charge in [0.05, 0.1) is 19.6 Å². The predicted molar refractivity (Wildman–Crippen MR) is 75.5 cm³/mol. The molecule has 0 unspecified atom stereocenters. The smallest absolute Gasteiger partial charge is 0.207 e. The van der Waals surface area contributed by atoms with E-state index < -0.39 is 0 Å². The van der Waals surface area contributed by atoms with Crippen LogP contribution in [0.2, 0.25) is 0 Å². The van der Waals surface area contributed by atoms with E-state index in [0.717, 1.165) is 19.8 Å². The molecule has 0 N–H and O–H groups in total. The van der Waals surface area contributed by atoms with Crippen molar-refractivity contribution in [1.29, 1.82) is 0 Å². The Balaban J connectivity index is 2.56. The van der Waals surface area contributed by atoms with Gasteiger partial charge in [-0.25, -0.2) is 0 Å². The summed E-state index contributed by atoms with van der Waals surface area (Å²) in [5, 5.41) is 0. The highest BCUT2D eigenvalue weighted by Gasteiger charge is 2.32. The SMILES string of the molecule is CCCC[N+]1(CC(OCC)OCC)CCCCC1. The molecule has 1 fully saturated rings. The number of nitrogens with zero attached hydrogens (tertiary/aromatic N) is 1. The average Bonchev–Trinajstić information content (AvgIpc) is 2.38. The van der Waals surface area contributed by atoms with Crippen LogP contribution in [0.4, 0.5) is 0 Å². The summed E-state index contributed by atoms with van der Waals surface area (Å²) in [6, 6.07) is 0. The minimum Gasteiger partial charge on any atom is -0.348 e. The fourth-order valence-corrected chi connectivity index (χ4v) is 3.02. The number of hydrogen-bond acceptors (Lipinski definition) is 2. The zero-order valence-corrected chi connectivity index (χ0v) is 12.6. The number of likely N-dealkylation sites (tertiary alicyclic amines) is 1. The number of hydrogen-bond donors (Lipinski definition) is 0. The van der Waals surface area contributed by atoms with Crippen LogP contribution in [0.3, 0.4) is 0 Å². The average molecular weight is 258 g/mol. The molecule has 3 nitrogen and oxygen atoms in total. The summed E-state index contributed by atoms with van der Waals surface area (Å²) in [6.07, 6.45) is 6.75. The van der Waals surface area contributed by atoms with Crippen molar-refractivity contribution < 1.29 is 14.0 Å². The standard InChI is InChI=1S/C15H32NO2/c1-4-7-11-16(12-9-8-10-13-16)14-15(17-5-2)18-6-3/h15H,4-14H2,1-3H3/q+1. The van der Waals surface area contributed by atoms with E-state index in [9.17, 15) is 0 Å². The second-order valence-corrected chi connectivity index (χ2v) is 5.45. The molecule has 3 heteroatoms. The van der Waals surface area contributed by atoms with E-state index in [1.54, 1.807) is 0 Å². The van der Waals surface area contributed by atoms with Crippen LogP contribution in [0.5, 0.6) is 0 Å². The monoisotopic (exact) mass is 258 g/mol. The van der Waals surface area contributed by atoms with E-state index >= 15 is 0 Å². The van der Waals surface area contributed by atoms with Crippen LogP contribution in [0.1, 0.15) is 52.9 Å². The molecule has 0 aromatic carbocycles. The first-order valence-electron chi connectivity index (χ1n) is 7.84. The molecule has 0 atom stereocenters. The fourth-order valence-electron chi connectivity index (χ4n) is 3.02. The van der Waals surface area contributed by atoms with E-state index in [2.05, 4.69) is 20.8 Å². The number of quaternary nitrogens is 1. The van der Waals surface area contributed by atoms with Crippen molar-refractivity contribution in [2.24, 2.45) is 0 Å². The van der Waals surface area contributed by atoms with Gasteiger partial charge in [0.1, 0.15) is 6.54 Å². The van der Waals surface area contributed by atoms with Gasteiger partial charge in [-0.3, -0.25) is 0 Å². The molecule has 0 bridgehead atoms. The van der Waals surface area contributed by atoms with Gasteiger partial charge in [0.2, 0.25) is 6.29 Å². The summed E-state index contributed by atoms with van der Waals surface area (Å²) in [7, 11) is 0. The summed E-state index contributed by atoms with van der Waals surface area (Å²) in [6.45, 7) is 12.9. The van der Waals surface area contributed by atoms with Crippen LogP contribution < -0.4 is 0 Å². The molecular weight excluding hydrogens is 226 g/mol. The van der Waals surface area contributed by atoms with Crippen molar-refractivity contribution >= 4 is 0 Å². The molecule has 1 aliphatic heterocycles. The molecule has 18 heavy (non-hydrogen) atoms. The minimum atomic E-state index is -0.00467. The number of rotatable bonds is 9. The highest BCUT2D eigenvalue weighted by atomic mass is 16.7. The summed E-state index contributed by atoms with van der Waals surface area (Å²) >= 11 is 0. The Morgan fingerprint density at radius 3 is 2.06 bits per heavy atom. The van der Waals surface area contributed by atoms with Crippen LogP contribution in [0, 0.1) is 0 Å². The lowest BCUT2D eigenvalue weighted by Crippen LogP contribution is -2.56. The van der Waals surface area contributed by atoms with Crippen molar-refractivity contribution in [3.8, 4) is 0 Å². The molecular formula is C15H32NO2+. The molecule has 1 rings (SSSR count). The summed E-state index contributed by atoms with van der Waals surface area (Å²) in [5.74, 6) is 0. The lowest BCUT2D eigenvalue weighted by atomic mass is 10.1. The molecule has 0 aromatic rings. The normalized spacial score (nSPS) is 19.3. The lowest BCUT2D eigenvalue weighted by molar-refractivity contribution is -0.937. The Labute approximate surface area is 113 Å². The molecule has 108 valence electrons. The molecule has 0 saturated carbocycles. The quantitative estimate of drug-likeness (QED) is 0.467. The molecule has 1 saturated heterocycles. The van der Waals surface area contributed by atoms with E-state index in [0.29, 0.717) is 0 Å². The number of ether oxygens (including phenoxy) is 2. The molecule has 0 amide bonds. The van der Waals surface area contributed by atoms with E-state index in [1.165, 1.54) is 56.2 Å². The maximum Gasteiger partial charge on any atom is 0.207 e. The van der Waals surface area contributed by atoms with Gasteiger partial charge in [-0.05, 0) is 39.5 Å². The maximum atomic E-state index is 5.75. The summed E-state index contributed by atoms with van der Waals surface area (Å²) in [4.78, 5) is 0. The Hall–Kier alpha value is -0.120. The van der Waals surface area contributed by atoms with E-state index in [4.69, 9.17) is 9.47 Å². The molecule has 1 aliphatic rings. The van der Waals surface area contributed by atoms with Gasteiger partial charge in [0, 0.05) is 13.2 Å². The van der Waals surface area contributed by atoms with Gasteiger partial charge in [-0.2, -0.15) is 0 Å². The van der Waals surface area contributed by atoms with Gasteiger partial charge >= 0.3 is 0 Å². The van der Waals surface area contributed by atoms with E-state index in [1.807, 2.05) is 0 Å². The first-order chi connectivity index (χ1) is 8.76. The number of piperidine rings is 1. The second kappa shape index (κ2) is 8.89. The molecule has 1 heterocycles. The largest absolute Gasteiger partial charge is 0.348 e. The Kier molecular flexibility index (Phi) is 7.87. The van der Waals surface area contributed by atoms with Gasteiger partial charge < -0.3 is 14.0 Å². The predicted octanol–water partition coefficient (Wildman–Crippen LogP) is 3.19. The highest BCUT2D eigenvalue weighted by Crippen LogP contribution is 2.21. The zero-order chi connectivity index (χ0) is 13.3. The van der Waals surface area contributed by atoms with Crippen LogP contribution in [-0.4, -0.2) is 50.2 Å². The van der Waals surface area contributed by atoms with E-state index in [-0.39, 0.29) is 6.29 Å². The van der Waals surface area contributed by atoms with Crippen molar-refractivity contribution in [2.75, 3.05) is 39.4 Å². The lowest BCUT2D eigenvalue weighted by Gasteiger charge is -2.43. The van der Waals surface area contributed by atoms with Crippen molar-refractivity contribution in [3.63, 3.8) is 0 Å². The van der Waals surface area contributed by atoms with Crippen LogP contribution >= 0.6 is 0 Å². The molecule has 0 radical (unpaired) electrons. The third kappa shape index (κ3) is 5.25. The Bertz CT molecular complexity index is 197. The maximum absolute atomic E-state index is 5.75. The Morgan fingerprint density at radius 1 is 0.944 bits per heavy atom. The molecule has 0 aliphatic carbocycles. The molecule has 0 spiro atoms. The second-order valence-electron chi connectivity index (χ2n) is 5.45. The van der Waals surface area contributed by atoms with Crippen molar-refractivity contribution in [3.05, 3.63) is 0 Å². The fraction of sp³-hybridized carbons (Fsp3) is 1.00. The highest BCUT2D eigenvalue weighted by molar-refractivity contribution is 4.57. The van der Waals surface area contributed by atoms with Crippen LogP contribution in [0.25, 0.3) is 0 Å². The van der Waals surface area contributed by atoms with Crippen LogP contribution in [0.15, 0.2) is 0 Å². The summed E-state index contributed by atoms with van der Waals surface area (Å²) in [5.41, 5.74) is 0.